The van der Waals surface area contributed by atoms with E-state index in [2.05, 4.69) is 37.3 Å². The van der Waals surface area contributed by atoms with E-state index in [0.717, 1.165) is 10.2 Å². The maximum absolute atomic E-state index is 11.8. The Bertz CT molecular complexity index is 1190. The molecule has 0 spiro atoms. The second-order valence-electron chi connectivity index (χ2n) is 8.09. The first-order chi connectivity index (χ1) is 19.6. The second kappa shape index (κ2) is 18.4. The van der Waals surface area contributed by atoms with Crippen LogP contribution < -0.4 is 15.8 Å². The number of alkyl halides is 1. The van der Waals surface area contributed by atoms with Gasteiger partial charge in [-0.2, -0.15) is 0 Å². The number of carbonyl (C=O) groups excluding carboxylic acids is 1. The lowest BCUT2D eigenvalue weighted by Crippen LogP contribution is -2.16. The largest absolute Gasteiger partial charge is 0.490 e. The molecular weight excluding hydrogens is 591 g/mol. The third kappa shape index (κ3) is 11.7. The summed E-state index contributed by atoms with van der Waals surface area (Å²) < 4.78 is 45.1. The van der Waals surface area contributed by atoms with E-state index in [0.29, 0.717) is 88.5 Å². The summed E-state index contributed by atoms with van der Waals surface area (Å²) in [7, 11) is 0. The zero-order valence-corrected chi connectivity index (χ0v) is 23.6. The summed E-state index contributed by atoms with van der Waals surface area (Å²) in [5.41, 5.74) is 6.71. The number of hydrogen-bond donors (Lipinski definition) is 2. The molecule has 1 amide bonds. The Balaban J connectivity index is 1.32. The van der Waals surface area contributed by atoms with Gasteiger partial charge in [0.2, 0.25) is 5.82 Å². The lowest BCUT2D eigenvalue weighted by atomic mass is 10.2. The summed E-state index contributed by atoms with van der Waals surface area (Å²) in [5, 5.41) is 3.85. The van der Waals surface area contributed by atoms with Crippen molar-refractivity contribution < 1.29 is 37.6 Å². The molecule has 1 aromatic heterocycles. The molecule has 217 valence electrons. The molecule has 3 rings (SSSR count). The summed E-state index contributed by atoms with van der Waals surface area (Å²) in [6.07, 6.45) is 0. The fraction of sp³-hybridized carbons (Fsp3) is 0.444. The van der Waals surface area contributed by atoms with Gasteiger partial charge in [0.1, 0.15) is 24.8 Å². The van der Waals surface area contributed by atoms with Crippen LogP contribution in [0.2, 0.25) is 0 Å². The molecular formula is C27H33BrFN4O7. The van der Waals surface area contributed by atoms with Crippen LogP contribution in [0, 0.1) is 6.07 Å². The SMILES string of the molecule is NC(=O)c1nc(Nc2cccc(Br)c2)c2c[c]c(OCCOCCOCCOCCOCCOCCF)cc2n1. The molecule has 1 heterocycles. The van der Waals surface area contributed by atoms with Gasteiger partial charge in [-0.3, -0.25) is 4.79 Å². The van der Waals surface area contributed by atoms with Crippen molar-refractivity contribution in [3.63, 3.8) is 0 Å². The highest BCUT2D eigenvalue weighted by atomic mass is 79.9. The van der Waals surface area contributed by atoms with Gasteiger partial charge in [-0.05, 0) is 24.3 Å². The second-order valence-corrected chi connectivity index (χ2v) is 9.01. The number of carbonyl (C=O) groups is 1. The fourth-order valence-electron chi connectivity index (χ4n) is 3.29. The van der Waals surface area contributed by atoms with Crippen LogP contribution in [0.1, 0.15) is 10.6 Å². The Morgan fingerprint density at radius 2 is 1.48 bits per heavy atom. The van der Waals surface area contributed by atoms with Gasteiger partial charge in [-0.1, -0.05) is 22.0 Å². The molecule has 0 atom stereocenters. The maximum Gasteiger partial charge on any atom is 0.286 e. The van der Waals surface area contributed by atoms with Crippen molar-refractivity contribution in [2.45, 2.75) is 0 Å². The molecule has 1 radical (unpaired) electrons. The topological polar surface area (TPSA) is 136 Å². The van der Waals surface area contributed by atoms with Crippen LogP contribution in [0.3, 0.4) is 0 Å². The predicted molar refractivity (Wildman–Crippen MR) is 150 cm³/mol. The lowest BCUT2D eigenvalue weighted by molar-refractivity contribution is -0.0133. The minimum Gasteiger partial charge on any atom is -0.490 e. The third-order valence-corrected chi connectivity index (χ3v) is 5.60. The number of hydrogen-bond acceptors (Lipinski definition) is 10. The summed E-state index contributed by atoms with van der Waals surface area (Å²) in [6, 6.07) is 14.0. The van der Waals surface area contributed by atoms with Crippen molar-refractivity contribution in [1.82, 2.24) is 9.97 Å². The van der Waals surface area contributed by atoms with E-state index in [9.17, 15) is 9.18 Å². The molecule has 3 aromatic rings. The molecule has 13 heteroatoms. The van der Waals surface area contributed by atoms with Crippen LogP contribution in [0.15, 0.2) is 40.9 Å². The average Bonchev–Trinajstić information content (AvgIpc) is 2.94. The van der Waals surface area contributed by atoms with Crippen molar-refractivity contribution in [3.05, 3.63) is 52.8 Å². The van der Waals surface area contributed by atoms with Gasteiger partial charge >= 0.3 is 0 Å². The Hall–Kier alpha value is -2.94. The fourth-order valence-corrected chi connectivity index (χ4v) is 3.69. The Labute approximate surface area is 240 Å². The number of primary amides is 1. The van der Waals surface area contributed by atoms with Crippen LogP contribution >= 0.6 is 15.9 Å². The summed E-state index contributed by atoms with van der Waals surface area (Å²) >= 11 is 3.44. The minimum atomic E-state index is -0.737. The highest BCUT2D eigenvalue weighted by Gasteiger charge is 2.13. The molecule has 11 nitrogen and oxygen atoms in total. The van der Waals surface area contributed by atoms with Crippen molar-refractivity contribution in [1.29, 1.82) is 0 Å². The van der Waals surface area contributed by atoms with E-state index in [4.69, 9.17) is 34.2 Å². The highest BCUT2D eigenvalue weighted by Crippen LogP contribution is 2.27. The predicted octanol–water partition coefficient (Wildman–Crippen LogP) is 3.47. The smallest absolute Gasteiger partial charge is 0.286 e. The van der Waals surface area contributed by atoms with Gasteiger partial charge in [-0.15, -0.1) is 0 Å². The zero-order valence-electron chi connectivity index (χ0n) is 22.0. The molecule has 3 N–H and O–H groups in total. The summed E-state index contributed by atoms with van der Waals surface area (Å²) in [5.74, 6) is 0.0293. The maximum atomic E-state index is 11.8. The lowest BCUT2D eigenvalue weighted by Gasteiger charge is -2.12. The Kier molecular flexibility index (Phi) is 14.5. The van der Waals surface area contributed by atoms with Crippen molar-refractivity contribution in [3.8, 4) is 5.75 Å². The third-order valence-electron chi connectivity index (χ3n) is 5.10. The van der Waals surface area contributed by atoms with Crippen molar-refractivity contribution in [2.24, 2.45) is 5.73 Å². The molecule has 2 aromatic carbocycles. The number of nitrogens with zero attached hydrogens (tertiary/aromatic N) is 2. The molecule has 0 aliphatic heterocycles. The number of anilines is 2. The molecule has 0 saturated heterocycles. The minimum absolute atomic E-state index is 0.0979. The normalized spacial score (nSPS) is 11.2. The molecule has 40 heavy (non-hydrogen) atoms. The first-order valence-corrected chi connectivity index (χ1v) is 13.5. The number of ether oxygens (including phenoxy) is 6. The van der Waals surface area contributed by atoms with Gasteiger partial charge in [0.05, 0.1) is 71.6 Å². The molecule has 0 bridgehead atoms. The first kappa shape index (κ1) is 31.6. The van der Waals surface area contributed by atoms with Crippen molar-refractivity contribution in [2.75, 3.05) is 84.7 Å². The standard InChI is InChI=1S/C27H33BrFN4O7/c28-20-2-1-3-21(18-20)31-26-23-5-4-22(19-24(23)32-27(33-26)25(30)34)40-17-16-39-15-14-38-13-12-37-11-10-36-9-8-35-7-6-29/h1-3,5,18-19H,6-17H2,(H2,30,34)(H,31,32,33). The van der Waals surface area contributed by atoms with Crippen LogP contribution in [-0.2, 0) is 23.7 Å². The number of nitrogens with one attached hydrogen (secondary N) is 1. The van der Waals surface area contributed by atoms with Crippen LogP contribution in [0.4, 0.5) is 15.9 Å². The molecule has 0 saturated carbocycles. The number of rotatable bonds is 21. The molecule has 0 aliphatic rings. The van der Waals surface area contributed by atoms with Gasteiger partial charge in [0, 0.05) is 27.7 Å². The zero-order chi connectivity index (χ0) is 28.4. The monoisotopic (exact) mass is 623 g/mol. The number of nitrogens with two attached hydrogens (primary N) is 1. The first-order valence-electron chi connectivity index (χ1n) is 12.7. The quantitative estimate of drug-likeness (QED) is 0.170. The van der Waals surface area contributed by atoms with Crippen LogP contribution in [0.25, 0.3) is 10.9 Å². The van der Waals surface area contributed by atoms with Gasteiger partial charge in [0.15, 0.2) is 0 Å². The average molecular weight is 624 g/mol. The van der Waals surface area contributed by atoms with E-state index in [1.165, 1.54) is 0 Å². The van der Waals surface area contributed by atoms with Gasteiger partial charge in [-0.25, -0.2) is 14.4 Å². The molecule has 0 fully saturated rings. The van der Waals surface area contributed by atoms with E-state index in [1.54, 1.807) is 12.1 Å². The summed E-state index contributed by atoms with van der Waals surface area (Å²) in [6.45, 7) is 3.66. The van der Waals surface area contributed by atoms with E-state index < -0.39 is 12.6 Å². The number of amides is 1. The van der Waals surface area contributed by atoms with Gasteiger partial charge < -0.3 is 39.5 Å². The number of fused-ring (bicyclic) bond motifs is 1. The summed E-state index contributed by atoms with van der Waals surface area (Å²) in [4.78, 5) is 20.3. The van der Waals surface area contributed by atoms with Crippen molar-refractivity contribution >= 4 is 44.2 Å². The Morgan fingerprint density at radius 3 is 2.05 bits per heavy atom. The van der Waals surface area contributed by atoms with E-state index >= 15 is 0 Å². The number of halogens is 2. The molecule has 0 aliphatic carbocycles. The molecule has 0 unspecified atom stereocenters. The number of aromatic nitrogens is 2. The van der Waals surface area contributed by atoms with E-state index in [1.807, 2.05) is 24.3 Å². The number of benzene rings is 2. The Morgan fingerprint density at radius 1 is 0.875 bits per heavy atom. The van der Waals surface area contributed by atoms with Crippen LogP contribution in [0.5, 0.6) is 5.75 Å². The van der Waals surface area contributed by atoms with Crippen LogP contribution in [-0.4, -0.2) is 95.2 Å². The van der Waals surface area contributed by atoms with E-state index in [-0.39, 0.29) is 12.4 Å². The highest BCUT2D eigenvalue weighted by molar-refractivity contribution is 9.10. The van der Waals surface area contributed by atoms with Gasteiger partial charge in [0.25, 0.3) is 5.91 Å².